The van der Waals surface area contributed by atoms with E-state index < -0.39 is 10.0 Å². The van der Waals surface area contributed by atoms with Crippen molar-refractivity contribution >= 4 is 58.1 Å². The number of benzene rings is 4. The number of halogens is 1. The number of nitrogens with zero attached hydrogens (tertiary/aromatic N) is 2. The number of hydrogen-bond acceptors (Lipinski definition) is 3. The molecule has 0 saturated heterocycles. The van der Waals surface area contributed by atoms with E-state index in [2.05, 4.69) is 85.2 Å². The van der Waals surface area contributed by atoms with Gasteiger partial charge in [-0.1, -0.05) is 83.9 Å². The van der Waals surface area contributed by atoms with Crippen LogP contribution in [0.15, 0.2) is 95.2 Å². The highest BCUT2D eigenvalue weighted by Gasteiger charge is 2.29. The first-order chi connectivity index (χ1) is 20.2. The zero-order chi connectivity index (χ0) is 29.7. The Bertz CT molecular complexity index is 1760. The van der Waals surface area contributed by atoms with Crippen molar-refractivity contribution in [1.29, 1.82) is 0 Å². The number of quaternary nitrogens is 1. The zero-order valence-electron chi connectivity index (χ0n) is 24.7. The third-order valence-electron chi connectivity index (χ3n) is 8.25. The van der Waals surface area contributed by atoms with Crippen molar-refractivity contribution in [2.45, 2.75) is 51.6 Å². The number of unbranched alkanes of at least 4 members (excludes halogenated alkanes) is 1. The number of aryl methyl sites for hydroxylation is 2. The molecule has 7 heteroatoms. The smallest absolute Gasteiger partial charge is 0.244 e. The van der Waals surface area contributed by atoms with Crippen LogP contribution in [0.4, 0.5) is 0 Å². The third kappa shape index (κ3) is 6.98. The molecule has 4 aromatic carbocycles. The summed E-state index contributed by atoms with van der Waals surface area (Å²) in [5.74, 6) is 0. The highest BCUT2D eigenvalue weighted by molar-refractivity contribution is 9.09. The molecule has 4 nitrogen and oxygen atoms in total. The predicted octanol–water partition coefficient (Wildman–Crippen LogP) is 9.03. The molecular weight excluding hydrogens is 624 g/mol. The number of hydrogen-bond donors (Lipinski definition) is 0. The first kappa shape index (κ1) is 30.9. The summed E-state index contributed by atoms with van der Waals surface area (Å²) in [7, 11) is -3.69. The molecule has 0 amide bonds. The zero-order valence-corrected chi connectivity index (χ0v) is 27.9. The van der Waals surface area contributed by atoms with Gasteiger partial charge in [0.05, 0.1) is 13.1 Å². The highest BCUT2D eigenvalue weighted by Crippen LogP contribution is 2.32. The molecule has 0 radical (unpaired) electrons. The van der Waals surface area contributed by atoms with Gasteiger partial charge in [-0.25, -0.2) is 8.42 Å². The van der Waals surface area contributed by atoms with E-state index in [1.54, 1.807) is 9.69 Å². The van der Waals surface area contributed by atoms with Crippen LogP contribution in [0.5, 0.6) is 0 Å². The van der Waals surface area contributed by atoms with E-state index in [-0.39, 0.29) is 0 Å². The minimum atomic E-state index is -3.69. The van der Waals surface area contributed by atoms with E-state index >= 15 is 0 Å². The first-order valence-electron chi connectivity index (χ1n) is 14.7. The van der Waals surface area contributed by atoms with E-state index in [0.29, 0.717) is 18.0 Å². The Hall–Kier alpha value is -2.55. The second-order valence-corrected chi connectivity index (χ2v) is 14.8. The lowest BCUT2D eigenvalue weighted by Gasteiger charge is -2.36. The average molecular weight is 665 g/mol. The summed E-state index contributed by atoms with van der Waals surface area (Å²) < 4.78 is 32.0. The lowest BCUT2D eigenvalue weighted by atomic mass is 10.1. The van der Waals surface area contributed by atoms with E-state index in [0.717, 1.165) is 68.8 Å². The van der Waals surface area contributed by atoms with E-state index in [1.165, 1.54) is 28.0 Å². The van der Waals surface area contributed by atoms with Crippen LogP contribution in [0.25, 0.3) is 20.9 Å². The summed E-state index contributed by atoms with van der Waals surface area (Å²) in [6, 6.07) is 29.1. The van der Waals surface area contributed by atoms with Gasteiger partial charge >= 0.3 is 0 Å². The Balaban J connectivity index is 1.36. The summed E-state index contributed by atoms with van der Waals surface area (Å²) in [5.41, 5.74) is 5.83. The number of alkyl halides is 1. The highest BCUT2D eigenvalue weighted by atomic mass is 79.9. The van der Waals surface area contributed by atoms with E-state index in [1.807, 2.05) is 36.4 Å². The summed E-state index contributed by atoms with van der Waals surface area (Å²) in [6.07, 6.45) is 1.74. The van der Waals surface area contributed by atoms with Crippen LogP contribution in [0, 0.1) is 13.8 Å². The Morgan fingerprint density at radius 3 is 2.29 bits per heavy atom. The van der Waals surface area contributed by atoms with Gasteiger partial charge in [0.2, 0.25) is 10.0 Å². The molecule has 0 aliphatic heterocycles. The standard InChI is InChI=1S/C35H40BrN2O2S2/c1-4-38(26-36,24-30-20-27(2)19-28(3)21-30)18-10-9-17-37(23-29-15-16-31-11-5-6-12-32(31)22-29)42(39,40)35-25-41-34-14-8-7-13-33(34)35/h5-8,11-16,19-22,25H,4,9-10,17-18,23-24,26H2,1-3H3/q+1. The number of rotatable bonds is 13. The molecule has 0 saturated carbocycles. The predicted molar refractivity (Wildman–Crippen MR) is 182 cm³/mol. The topological polar surface area (TPSA) is 37.4 Å². The van der Waals surface area contributed by atoms with Gasteiger partial charge in [0, 0.05) is 34.1 Å². The fourth-order valence-electron chi connectivity index (χ4n) is 5.94. The molecule has 0 aliphatic carbocycles. The molecule has 0 fully saturated rings. The van der Waals surface area contributed by atoms with Gasteiger partial charge < -0.3 is 4.48 Å². The van der Waals surface area contributed by atoms with Crippen molar-refractivity contribution in [2.75, 3.05) is 25.1 Å². The number of thiophene rings is 1. The molecule has 42 heavy (non-hydrogen) atoms. The van der Waals surface area contributed by atoms with Crippen LogP contribution in [-0.2, 0) is 23.1 Å². The Labute approximate surface area is 263 Å². The van der Waals surface area contributed by atoms with E-state index in [9.17, 15) is 8.42 Å². The maximum absolute atomic E-state index is 14.2. The number of sulfonamides is 1. The molecular formula is C35H40BrN2O2S2+. The monoisotopic (exact) mass is 663 g/mol. The molecule has 5 aromatic rings. The molecule has 1 aromatic heterocycles. The van der Waals surface area contributed by atoms with Crippen LogP contribution >= 0.6 is 27.3 Å². The molecule has 5 rings (SSSR count). The van der Waals surface area contributed by atoms with Gasteiger partial charge in [0.1, 0.15) is 16.9 Å². The van der Waals surface area contributed by atoms with Gasteiger partial charge in [0.15, 0.2) is 0 Å². The van der Waals surface area contributed by atoms with Gasteiger partial charge in [-0.05, 0) is 78.0 Å². The summed E-state index contributed by atoms with van der Waals surface area (Å²) in [5, 5.41) is 4.90. The Morgan fingerprint density at radius 1 is 0.833 bits per heavy atom. The minimum Gasteiger partial charge on any atom is -0.311 e. The maximum Gasteiger partial charge on any atom is 0.244 e. The van der Waals surface area contributed by atoms with Crippen molar-refractivity contribution < 1.29 is 12.9 Å². The summed E-state index contributed by atoms with van der Waals surface area (Å²) >= 11 is 5.31. The van der Waals surface area contributed by atoms with Crippen LogP contribution in [-0.4, -0.2) is 42.3 Å². The molecule has 0 bridgehead atoms. The molecule has 1 heterocycles. The molecule has 1 unspecified atom stereocenters. The SMILES string of the molecule is CC[N+](CBr)(CCCCN(Cc1ccc2ccccc2c1)S(=O)(=O)c1csc2ccccc12)Cc1cc(C)cc(C)c1. The van der Waals surface area contributed by atoms with Crippen LogP contribution < -0.4 is 0 Å². The van der Waals surface area contributed by atoms with Crippen LogP contribution in [0.3, 0.4) is 0 Å². The van der Waals surface area contributed by atoms with E-state index in [4.69, 9.17) is 0 Å². The summed E-state index contributed by atoms with van der Waals surface area (Å²) in [4.78, 5) is 0.415. The lowest BCUT2D eigenvalue weighted by Crippen LogP contribution is -2.47. The average Bonchev–Trinajstić information content (AvgIpc) is 3.43. The van der Waals surface area contributed by atoms with Crippen molar-refractivity contribution in [2.24, 2.45) is 0 Å². The van der Waals surface area contributed by atoms with Gasteiger partial charge in [-0.3, -0.25) is 0 Å². The van der Waals surface area contributed by atoms with Crippen molar-refractivity contribution in [3.63, 3.8) is 0 Å². The molecule has 0 spiro atoms. The fraction of sp³-hybridized carbons (Fsp3) is 0.314. The molecule has 220 valence electrons. The second-order valence-electron chi connectivity index (χ2n) is 11.5. The van der Waals surface area contributed by atoms with Crippen molar-refractivity contribution in [1.82, 2.24) is 4.31 Å². The quantitative estimate of drug-likeness (QED) is 0.0545. The van der Waals surface area contributed by atoms with Gasteiger partial charge in [0.25, 0.3) is 0 Å². The largest absolute Gasteiger partial charge is 0.311 e. The van der Waals surface area contributed by atoms with Gasteiger partial charge in [-0.15, -0.1) is 11.3 Å². The normalized spacial score (nSPS) is 13.6. The number of fused-ring (bicyclic) bond motifs is 2. The van der Waals surface area contributed by atoms with Crippen LogP contribution in [0.1, 0.15) is 42.0 Å². The third-order valence-corrected chi connectivity index (χ3v) is 12.3. The lowest BCUT2D eigenvalue weighted by molar-refractivity contribution is -0.926. The first-order valence-corrected chi connectivity index (χ1v) is 18.1. The van der Waals surface area contributed by atoms with Crippen molar-refractivity contribution in [3.8, 4) is 0 Å². The minimum absolute atomic E-state index is 0.353. The van der Waals surface area contributed by atoms with Gasteiger partial charge in [-0.2, -0.15) is 4.31 Å². The maximum atomic E-state index is 14.2. The molecule has 1 atom stereocenters. The Kier molecular flexibility index (Phi) is 9.85. The second kappa shape index (κ2) is 13.4. The molecule has 0 N–H and O–H groups in total. The summed E-state index contributed by atoms with van der Waals surface area (Å²) in [6.45, 7) is 10.4. The molecule has 0 aliphatic rings. The van der Waals surface area contributed by atoms with Crippen LogP contribution in [0.2, 0.25) is 0 Å². The van der Waals surface area contributed by atoms with Crippen molar-refractivity contribution in [3.05, 3.63) is 113 Å². The Morgan fingerprint density at radius 2 is 1.55 bits per heavy atom. The fourth-order valence-corrected chi connectivity index (χ4v) is 9.66.